The predicted octanol–water partition coefficient (Wildman–Crippen LogP) is 5.22. The van der Waals surface area contributed by atoms with Crippen LogP contribution in [0.2, 0.25) is 5.02 Å². The van der Waals surface area contributed by atoms with Crippen LogP contribution in [0.15, 0.2) is 24.3 Å². The molecule has 1 nitrogen and oxygen atoms in total. The lowest BCUT2D eigenvalue weighted by molar-refractivity contribution is 0.596. The van der Waals surface area contributed by atoms with E-state index in [0.29, 0.717) is 6.04 Å². The maximum Gasteiger partial charge on any atom is 0.0421 e. The van der Waals surface area contributed by atoms with Crippen LogP contribution in [0.4, 0.5) is 0 Å². The van der Waals surface area contributed by atoms with Crippen LogP contribution in [-0.2, 0) is 0 Å². The van der Waals surface area contributed by atoms with Gasteiger partial charge in [0.25, 0.3) is 0 Å². The third-order valence-corrected chi connectivity index (χ3v) is 3.62. The van der Waals surface area contributed by atoms with Crippen LogP contribution in [0.5, 0.6) is 0 Å². The maximum atomic E-state index is 5.92. The van der Waals surface area contributed by atoms with E-state index >= 15 is 0 Å². The molecule has 1 unspecified atom stereocenters. The van der Waals surface area contributed by atoms with Crippen molar-refractivity contribution in [2.45, 2.75) is 51.3 Å². The first-order valence-electron chi connectivity index (χ1n) is 6.11. The summed E-state index contributed by atoms with van der Waals surface area (Å²) in [5.74, 6) is 0. The van der Waals surface area contributed by atoms with Gasteiger partial charge in [0.15, 0.2) is 0 Å². The van der Waals surface area contributed by atoms with Crippen molar-refractivity contribution in [1.29, 1.82) is 0 Å². The van der Waals surface area contributed by atoms with Gasteiger partial charge >= 0.3 is 0 Å². The van der Waals surface area contributed by atoms with Crippen LogP contribution >= 0.6 is 23.5 Å². The average Bonchev–Trinajstić information content (AvgIpc) is 2.24. The van der Waals surface area contributed by atoms with Crippen molar-refractivity contribution in [2.24, 2.45) is 0 Å². The van der Waals surface area contributed by atoms with E-state index in [1.54, 1.807) is 11.9 Å². The molecule has 0 aliphatic heterocycles. The van der Waals surface area contributed by atoms with Gasteiger partial charge in [0.2, 0.25) is 0 Å². The second-order valence-corrected chi connectivity index (χ2v) is 7.33. The Morgan fingerprint density at radius 2 is 1.82 bits per heavy atom. The highest BCUT2D eigenvalue weighted by atomic mass is 35.5. The van der Waals surface area contributed by atoms with E-state index in [1.807, 2.05) is 12.1 Å². The summed E-state index contributed by atoms with van der Waals surface area (Å²) in [6.07, 6.45) is 2.32. The fraction of sp³-hybridized carbons (Fsp3) is 0.571. The Labute approximate surface area is 114 Å². The smallest absolute Gasteiger partial charge is 0.0421 e. The number of rotatable bonds is 5. The molecular formula is C14H22ClNS. The minimum absolute atomic E-state index is 0.235. The van der Waals surface area contributed by atoms with Crippen LogP contribution in [0.3, 0.4) is 0 Å². The molecule has 1 rings (SSSR count). The molecule has 96 valence electrons. The monoisotopic (exact) mass is 271 g/mol. The molecule has 0 aliphatic carbocycles. The quantitative estimate of drug-likeness (QED) is 0.737. The van der Waals surface area contributed by atoms with E-state index in [-0.39, 0.29) is 4.75 Å². The van der Waals surface area contributed by atoms with Gasteiger partial charge in [-0.2, -0.15) is 0 Å². The molecule has 1 N–H and O–H groups in total. The van der Waals surface area contributed by atoms with Crippen molar-refractivity contribution in [3.05, 3.63) is 34.9 Å². The highest BCUT2D eigenvalue weighted by Gasteiger charge is 2.16. The molecule has 1 aromatic carbocycles. The zero-order valence-electron chi connectivity index (χ0n) is 11.1. The molecule has 1 atom stereocenters. The third-order valence-electron chi connectivity index (χ3n) is 2.36. The molecule has 0 saturated heterocycles. The Morgan fingerprint density at radius 3 is 2.29 bits per heavy atom. The molecule has 0 heterocycles. The molecule has 0 amide bonds. The second kappa shape index (κ2) is 6.67. The van der Waals surface area contributed by atoms with Gasteiger partial charge in [-0.3, -0.25) is 4.72 Å². The van der Waals surface area contributed by atoms with Gasteiger partial charge < -0.3 is 0 Å². The highest BCUT2D eigenvalue weighted by Crippen LogP contribution is 2.27. The summed E-state index contributed by atoms with van der Waals surface area (Å²) in [6, 6.07) is 8.55. The van der Waals surface area contributed by atoms with Gasteiger partial charge in [-0.25, -0.2) is 0 Å². The summed E-state index contributed by atoms with van der Waals surface area (Å²) in [4.78, 5) is 0. The largest absolute Gasteiger partial charge is 0.256 e. The number of hydrogen-bond donors (Lipinski definition) is 1. The van der Waals surface area contributed by atoms with Gasteiger partial charge in [0.05, 0.1) is 0 Å². The molecule has 0 fully saturated rings. The number of halogens is 1. The van der Waals surface area contributed by atoms with Crippen LogP contribution in [0.25, 0.3) is 0 Å². The van der Waals surface area contributed by atoms with E-state index in [0.717, 1.165) is 11.4 Å². The lowest BCUT2D eigenvalue weighted by Crippen LogP contribution is -2.21. The van der Waals surface area contributed by atoms with E-state index in [2.05, 4.69) is 44.5 Å². The summed E-state index contributed by atoms with van der Waals surface area (Å²) in [5.41, 5.74) is 1.31. The predicted molar refractivity (Wildman–Crippen MR) is 79.6 cm³/mol. The van der Waals surface area contributed by atoms with Gasteiger partial charge in [0.1, 0.15) is 0 Å². The highest BCUT2D eigenvalue weighted by molar-refractivity contribution is 7.98. The van der Waals surface area contributed by atoms with Crippen molar-refractivity contribution in [1.82, 2.24) is 4.72 Å². The lowest BCUT2D eigenvalue weighted by atomic mass is 10.0. The Bertz CT molecular complexity index is 329. The van der Waals surface area contributed by atoms with Crippen molar-refractivity contribution in [2.75, 3.05) is 0 Å². The molecule has 0 saturated carbocycles. The molecule has 0 spiro atoms. The van der Waals surface area contributed by atoms with Crippen molar-refractivity contribution in [3.8, 4) is 0 Å². The first-order valence-corrected chi connectivity index (χ1v) is 7.31. The van der Waals surface area contributed by atoms with E-state index in [9.17, 15) is 0 Å². The zero-order valence-corrected chi connectivity index (χ0v) is 12.7. The van der Waals surface area contributed by atoms with Gasteiger partial charge in [-0.05, 0) is 44.9 Å². The van der Waals surface area contributed by atoms with Crippen molar-refractivity contribution >= 4 is 23.5 Å². The summed E-state index contributed by atoms with van der Waals surface area (Å²) < 4.78 is 3.80. The van der Waals surface area contributed by atoms with Gasteiger partial charge in [0, 0.05) is 15.8 Å². The first-order chi connectivity index (χ1) is 7.92. The Morgan fingerprint density at radius 1 is 1.24 bits per heavy atom. The molecule has 0 radical (unpaired) electrons. The maximum absolute atomic E-state index is 5.92. The van der Waals surface area contributed by atoms with Gasteiger partial charge in [-0.1, -0.05) is 49.0 Å². The van der Waals surface area contributed by atoms with E-state index < -0.39 is 0 Å². The summed E-state index contributed by atoms with van der Waals surface area (Å²) in [7, 11) is 0. The fourth-order valence-corrected chi connectivity index (χ4v) is 2.40. The van der Waals surface area contributed by atoms with Crippen LogP contribution in [-0.4, -0.2) is 4.75 Å². The molecule has 0 aliphatic rings. The summed E-state index contributed by atoms with van der Waals surface area (Å²) >= 11 is 7.72. The minimum Gasteiger partial charge on any atom is -0.256 e. The normalized spacial score (nSPS) is 13.7. The fourth-order valence-electron chi connectivity index (χ4n) is 1.53. The topological polar surface area (TPSA) is 12.0 Å². The van der Waals surface area contributed by atoms with Crippen LogP contribution in [0, 0.1) is 0 Å². The Hall–Kier alpha value is -0.180. The van der Waals surface area contributed by atoms with Gasteiger partial charge in [-0.15, -0.1) is 0 Å². The summed E-state index contributed by atoms with van der Waals surface area (Å²) in [5, 5.41) is 0.799. The summed E-state index contributed by atoms with van der Waals surface area (Å²) in [6.45, 7) is 8.87. The Kier molecular flexibility index (Phi) is 5.84. The Balaban J connectivity index is 2.68. The molecule has 17 heavy (non-hydrogen) atoms. The van der Waals surface area contributed by atoms with E-state index in [4.69, 9.17) is 11.6 Å². The standard InChI is InChI=1S/C14H22ClNS/c1-5-6-13(16-17-14(2,3)4)11-7-9-12(15)10-8-11/h7-10,13,16H,5-6H2,1-4H3. The van der Waals surface area contributed by atoms with Crippen molar-refractivity contribution < 1.29 is 0 Å². The van der Waals surface area contributed by atoms with Crippen molar-refractivity contribution in [3.63, 3.8) is 0 Å². The number of hydrogen-bond acceptors (Lipinski definition) is 2. The second-order valence-electron chi connectivity index (χ2n) is 5.23. The molecule has 0 bridgehead atoms. The first kappa shape index (κ1) is 14.9. The third kappa shape index (κ3) is 5.80. The molecule has 3 heteroatoms. The minimum atomic E-state index is 0.235. The van der Waals surface area contributed by atoms with Crippen LogP contribution < -0.4 is 4.72 Å². The number of nitrogens with one attached hydrogen (secondary N) is 1. The molecule has 0 aromatic heterocycles. The molecular weight excluding hydrogens is 250 g/mol. The number of benzene rings is 1. The molecule has 1 aromatic rings. The SMILES string of the molecule is CCCC(NSC(C)(C)C)c1ccc(Cl)cc1. The lowest BCUT2D eigenvalue weighted by Gasteiger charge is -2.24. The average molecular weight is 272 g/mol. The van der Waals surface area contributed by atoms with Crippen LogP contribution in [0.1, 0.15) is 52.1 Å². The zero-order chi connectivity index (χ0) is 12.9. The van der Waals surface area contributed by atoms with E-state index in [1.165, 1.54) is 12.0 Å².